The molecule has 0 unspecified atom stereocenters. The second-order valence-electron chi connectivity index (χ2n) is 6.95. The van der Waals surface area contributed by atoms with Gasteiger partial charge in [-0.05, 0) is 60.9 Å². The summed E-state index contributed by atoms with van der Waals surface area (Å²) in [6.45, 7) is 2.27. The first-order valence-electron chi connectivity index (χ1n) is 9.63. The molecule has 0 saturated carbocycles. The van der Waals surface area contributed by atoms with Crippen molar-refractivity contribution in [3.8, 4) is 11.5 Å². The summed E-state index contributed by atoms with van der Waals surface area (Å²) in [5.74, 6) is -1.54. The molecule has 28 heavy (non-hydrogen) atoms. The fraction of sp³-hybridized carbons (Fsp3) is 0.304. The molecule has 2 N–H and O–H groups in total. The predicted octanol–water partition coefficient (Wildman–Crippen LogP) is 5.89. The van der Waals surface area contributed by atoms with Gasteiger partial charge >= 0.3 is 0 Å². The van der Waals surface area contributed by atoms with Crippen molar-refractivity contribution in [3.63, 3.8) is 0 Å². The minimum absolute atomic E-state index is 0.127. The molecule has 3 aromatic rings. The standard InChI is InChI=1S/C13H18S.C10H6O4/c1-2-3-4-5-6-7-11-10-12-8-9-13(11)14-12;11-5-1-2-6(12)10-8(14)4-3-7(13)9(5)10/h8-10H,2-7H2,1H3;1-4,11-12H. The number of phenols is 2. The van der Waals surface area contributed by atoms with Crippen molar-refractivity contribution in [1.29, 1.82) is 0 Å². The van der Waals surface area contributed by atoms with Gasteiger partial charge in [0.25, 0.3) is 0 Å². The molecule has 2 aromatic heterocycles. The fourth-order valence-corrected chi connectivity index (χ4v) is 4.38. The molecule has 0 atom stereocenters. The zero-order valence-electron chi connectivity index (χ0n) is 15.9. The second kappa shape index (κ2) is 9.02. The van der Waals surface area contributed by atoms with Crippen LogP contribution in [0.1, 0.15) is 65.3 Å². The van der Waals surface area contributed by atoms with Gasteiger partial charge in [0.2, 0.25) is 0 Å². The van der Waals surface area contributed by atoms with Crippen LogP contribution in [0, 0.1) is 0 Å². The molecule has 2 bridgehead atoms. The van der Waals surface area contributed by atoms with E-state index < -0.39 is 11.6 Å². The summed E-state index contributed by atoms with van der Waals surface area (Å²) in [6, 6.07) is 9.21. The zero-order chi connectivity index (χ0) is 20.1. The van der Waals surface area contributed by atoms with Crippen molar-refractivity contribution < 1.29 is 19.8 Å². The minimum atomic E-state index is -0.479. The number of benzene rings is 2. The third-order valence-electron chi connectivity index (χ3n) is 4.85. The van der Waals surface area contributed by atoms with Crippen LogP contribution in [0.25, 0.3) is 9.40 Å². The van der Waals surface area contributed by atoms with E-state index in [0.29, 0.717) is 0 Å². The topological polar surface area (TPSA) is 74.6 Å². The molecule has 0 aliphatic heterocycles. The normalized spacial score (nSPS) is 12.9. The maximum atomic E-state index is 11.3. The van der Waals surface area contributed by atoms with Crippen molar-refractivity contribution in [1.82, 2.24) is 0 Å². The number of hydrogen-bond donors (Lipinski definition) is 2. The van der Waals surface area contributed by atoms with Crippen molar-refractivity contribution in [2.24, 2.45) is 0 Å². The average molecular weight is 397 g/mol. The number of allylic oxidation sites excluding steroid dienone is 2. The van der Waals surface area contributed by atoms with Gasteiger partial charge in [-0.3, -0.25) is 9.59 Å². The molecule has 1 aliphatic carbocycles. The summed E-state index contributed by atoms with van der Waals surface area (Å²) >= 11 is 1.94. The predicted molar refractivity (Wildman–Crippen MR) is 113 cm³/mol. The van der Waals surface area contributed by atoms with Crippen LogP contribution >= 0.6 is 11.3 Å². The van der Waals surface area contributed by atoms with Crippen molar-refractivity contribution in [2.75, 3.05) is 0 Å². The molecule has 5 heteroatoms. The number of aromatic hydroxyl groups is 2. The number of phenolic OH excluding ortho intramolecular Hbond substituents is 2. The Morgan fingerprint density at radius 2 is 1.43 bits per heavy atom. The monoisotopic (exact) mass is 396 g/mol. The van der Waals surface area contributed by atoms with Crippen molar-refractivity contribution >= 4 is 32.3 Å². The molecule has 0 fully saturated rings. The maximum absolute atomic E-state index is 11.3. The fourth-order valence-electron chi connectivity index (χ4n) is 3.36. The molecule has 1 aromatic carbocycles. The number of carbonyl (C=O) groups is 2. The van der Waals surface area contributed by atoms with E-state index in [4.69, 9.17) is 0 Å². The summed E-state index contributed by atoms with van der Waals surface area (Å²) in [7, 11) is 0. The lowest BCUT2D eigenvalue weighted by Gasteiger charge is -2.11. The zero-order valence-corrected chi connectivity index (χ0v) is 16.7. The largest absolute Gasteiger partial charge is 0.507 e. The Balaban J connectivity index is 0.000000161. The smallest absolute Gasteiger partial charge is 0.190 e. The number of carbonyl (C=O) groups excluding carboxylic acids is 2. The van der Waals surface area contributed by atoms with Crippen LogP contribution in [0.4, 0.5) is 0 Å². The molecule has 4 rings (SSSR count). The van der Waals surface area contributed by atoms with Crippen LogP contribution in [0.3, 0.4) is 0 Å². The summed E-state index contributed by atoms with van der Waals surface area (Å²) in [5.41, 5.74) is 1.33. The van der Waals surface area contributed by atoms with Gasteiger partial charge < -0.3 is 10.2 Å². The van der Waals surface area contributed by atoms with E-state index in [1.807, 2.05) is 11.3 Å². The highest BCUT2D eigenvalue weighted by Crippen LogP contribution is 2.32. The van der Waals surface area contributed by atoms with Crippen LogP contribution in [0.5, 0.6) is 11.5 Å². The summed E-state index contributed by atoms with van der Waals surface area (Å²) in [6.07, 6.45) is 10.4. The summed E-state index contributed by atoms with van der Waals surface area (Å²) in [4.78, 5) is 22.6. The van der Waals surface area contributed by atoms with E-state index >= 15 is 0 Å². The Bertz CT molecular complexity index is 956. The highest BCUT2D eigenvalue weighted by molar-refractivity contribution is 7.24. The van der Waals surface area contributed by atoms with E-state index in [1.165, 1.54) is 60.1 Å². The van der Waals surface area contributed by atoms with Crippen LogP contribution in [-0.4, -0.2) is 21.8 Å². The molecule has 2 heterocycles. The molecule has 0 radical (unpaired) electrons. The van der Waals surface area contributed by atoms with Crippen LogP contribution in [-0.2, 0) is 6.42 Å². The Morgan fingerprint density at radius 1 is 0.821 bits per heavy atom. The first kappa shape index (κ1) is 20.1. The lowest BCUT2D eigenvalue weighted by Crippen LogP contribution is -2.11. The van der Waals surface area contributed by atoms with Crippen molar-refractivity contribution in [2.45, 2.75) is 45.4 Å². The summed E-state index contributed by atoms with van der Waals surface area (Å²) < 4.78 is 2.96. The molecule has 1 aliphatic rings. The highest BCUT2D eigenvalue weighted by atomic mass is 32.1. The van der Waals surface area contributed by atoms with Gasteiger partial charge in [0, 0.05) is 9.40 Å². The molecule has 146 valence electrons. The lowest BCUT2D eigenvalue weighted by molar-refractivity contribution is 0.0989. The number of fused-ring (bicyclic) bond motifs is 3. The third-order valence-corrected chi connectivity index (χ3v) is 5.96. The minimum Gasteiger partial charge on any atom is -0.507 e. The molecule has 0 saturated heterocycles. The maximum Gasteiger partial charge on any atom is 0.190 e. The quantitative estimate of drug-likeness (QED) is 0.403. The molecule has 0 spiro atoms. The lowest BCUT2D eigenvalue weighted by atomic mass is 9.93. The highest BCUT2D eigenvalue weighted by Gasteiger charge is 2.25. The van der Waals surface area contributed by atoms with Gasteiger partial charge in [-0.1, -0.05) is 32.6 Å². The van der Waals surface area contributed by atoms with Crippen LogP contribution in [0.2, 0.25) is 0 Å². The first-order valence-corrected chi connectivity index (χ1v) is 10.5. The molecule has 4 nitrogen and oxygen atoms in total. The number of unbranched alkanes of at least 4 members (excludes halogenated alkanes) is 4. The number of rotatable bonds is 6. The Kier molecular flexibility index (Phi) is 6.47. The van der Waals surface area contributed by atoms with E-state index in [1.54, 1.807) is 5.56 Å². The van der Waals surface area contributed by atoms with Gasteiger partial charge in [0.05, 0.1) is 11.1 Å². The molecular formula is C23H24O4S. The third kappa shape index (κ3) is 4.42. The van der Waals surface area contributed by atoms with Crippen molar-refractivity contribution in [3.05, 3.63) is 59.2 Å². The van der Waals surface area contributed by atoms with Gasteiger partial charge in [-0.2, -0.15) is 0 Å². The van der Waals surface area contributed by atoms with E-state index in [9.17, 15) is 19.8 Å². The van der Waals surface area contributed by atoms with E-state index in [-0.39, 0.29) is 22.6 Å². The van der Waals surface area contributed by atoms with Crippen LogP contribution in [0.15, 0.2) is 42.5 Å². The molecular weight excluding hydrogens is 372 g/mol. The molecule has 0 amide bonds. The van der Waals surface area contributed by atoms with E-state index in [0.717, 1.165) is 12.2 Å². The van der Waals surface area contributed by atoms with Gasteiger partial charge in [0.15, 0.2) is 11.6 Å². The number of hydrogen-bond acceptors (Lipinski definition) is 5. The van der Waals surface area contributed by atoms with Gasteiger partial charge in [-0.15, -0.1) is 11.3 Å². The number of aryl methyl sites for hydroxylation is 1. The second-order valence-corrected chi connectivity index (χ2v) is 8.07. The Hall–Kier alpha value is -2.66. The number of ketones is 2. The van der Waals surface area contributed by atoms with Crippen LogP contribution < -0.4 is 0 Å². The van der Waals surface area contributed by atoms with E-state index in [2.05, 4.69) is 25.1 Å². The average Bonchev–Trinajstić information content (AvgIpc) is 3.30. The first-order chi connectivity index (χ1) is 13.5. The summed E-state index contributed by atoms with van der Waals surface area (Å²) in [5, 5.41) is 18.7. The van der Waals surface area contributed by atoms with Gasteiger partial charge in [-0.25, -0.2) is 0 Å². The Labute approximate surface area is 168 Å². The SMILES string of the molecule is CCCCCCCc1cc2ccc1s2.O=C1C=CC(=O)c2c(O)ccc(O)c21. The Morgan fingerprint density at radius 3 is 1.93 bits per heavy atom. The van der Waals surface area contributed by atoms with Gasteiger partial charge in [0.1, 0.15) is 11.5 Å². The number of thiophene rings is 2.